The van der Waals surface area contributed by atoms with Gasteiger partial charge in [-0.05, 0) is 45.5 Å². The number of aromatic nitrogens is 1. The Hall–Kier alpha value is -1.20. The zero-order valence-electron chi connectivity index (χ0n) is 13.1. The molecule has 4 nitrogen and oxygen atoms in total. The van der Waals surface area contributed by atoms with Gasteiger partial charge in [0.25, 0.3) is 5.88 Å². The molecule has 1 aliphatic heterocycles. The average Bonchev–Trinajstić information content (AvgIpc) is 2.49. The summed E-state index contributed by atoms with van der Waals surface area (Å²) in [6, 6.07) is 2.07. The van der Waals surface area contributed by atoms with Crippen LogP contribution in [0, 0.1) is 5.82 Å². The minimum Gasteiger partial charge on any atom is -0.474 e. The zero-order valence-corrected chi connectivity index (χ0v) is 13.1. The number of rotatable bonds is 7. The molecule has 0 radical (unpaired) electrons. The number of nitrogens with zero attached hydrogens (tertiary/aromatic N) is 2. The maximum atomic E-state index is 14.3. The van der Waals surface area contributed by atoms with Gasteiger partial charge in [-0.3, -0.25) is 0 Å². The first-order valence-electron chi connectivity index (χ1n) is 7.89. The molecule has 1 unspecified atom stereocenters. The van der Waals surface area contributed by atoms with Gasteiger partial charge < -0.3 is 15.0 Å². The number of nitrogens with one attached hydrogen (secondary N) is 1. The van der Waals surface area contributed by atoms with E-state index >= 15 is 0 Å². The maximum Gasteiger partial charge on any atom is 0.250 e. The lowest BCUT2D eigenvalue weighted by Gasteiger charge is -2.32. The highest BCUT2D eigenvalue weighted by molar-refractivity contribution is 5.23. The zero-order chi connectivity index (χ0) is 15.1. The first kappa shape index (κ1) is 16.2. The quantitative estimate of drug-likeness (QED) is 0.785. The van der Waals surface area contributed by atoms with Crippen LogP contribution >= 0.6 is 0 Å². The molecule has 5 heteroatoms. The molecule has 21 heavy (non-hydrogen) atoms. The molecule has 0 amide bonds. The van der Waals surface area contributed by atoms with Crippen LogP contribution in [0.2, 0.25) is 0 Å². The Morgan fingerprint density at radius 2 is 2.33 bits per heavy atom. The van der Waals surface area contributed by atoms with E-state index in [1.165, 1.54) is 12.8 Å². The van der Waals surface area contributed by atoms with Gasteiger partial charge in [-0.2, -0.15) is 0 Å². The molecule has 1 atom stereocenters. The summed E-state index contributed by atoms with van der Waals surface area (Å²) in [5, 5.41) is 3.20. The molecule has 1 aromatic rings. The van der Waals surface area contributed by atoms with Gasteiger partial charge in [-0.1, -0.05) is 13.3 Å². The molecule has 1 fully saturated rings. The van der Waals surface area contributed by atoms with Crippen molar-refractivity contribution in [3.05, 3.63) is 23.6 Å². The Kier molecular flexibility index (Phi) is 6.39. The van der Waals surface area contributed by atoms with Gasteiger partial charge in [-0.15, -0.1) is 0 Å². The van der Waals surface area contributed by atoms with Crippen molar-refractivity contribution in [2.45, 2.75) is 45.2 Å². The van der Waals surface area contributed by atoms with Gasteiger partial charge in [-0.25, -0.2) is 9.37 Å². The van der Waals surface area contributed by atoms with E-state index in [9.17, 15) is 4.39 Å². The fourth-order valence-electron chi connectivity index (χ4n) is 2.63. The number of pyridine rings is 1. The monoisotopic (exact) mass is 295 g/mol. The Morgan fingerprint density at radius 3 is 3.10 bits per heavy atom. The molecule has 1 saturated heterocycles. The van der Waals surface area contributed by atoms with Crippen LogP contribution in [0.15, 0.2) is 12.3 Å². The molecule has 2 heterocycles. The molecule has 2 rings (SSSR count). The van der Waals surface area contributed by atoms with Crippen molar-refractivity contribution in [3.8, 4) is 5.88 Å². The van der Waals surface area contributed by atoms with Gasteiger partial charge in [0.15, 0.2) is 5.82 Å². The summed E-state index contributed by atoms with van der Waals surface area (Å²) in [4.78, 5) is 6.32. The van der Waals surface area contributed by atoms with Gasteiger partial charge in [0, 0.05) is 24.3 Å². The predicted molar refractivity (Wildman–Crippen MR) is 82.0 cm³/mol. The summed E-state index contributed by atoms with van der Waals surface area (Å²) in [5.74, 6) is -0.204. The molecule has 0 bridgehead atoms. The average molecular weight is 295 g/mol. The number of hydrogen-bond acceptors (Lipinski definition) is 4. The minimum atomic E-state index is -0.334. The second-order valence-corrected chi connectivity index (χ2v) is 5.71. The fraction of sp³-hybridized carbons (Fsp3) is 0.688. The van der Waals surface area contributed by atoms with Gasteiger partial charge in [0.2, 0.25) is 0 Å². The molecule has 118 valence electrons. The molecule has 0 aliphatic carbocycles. The first-order chi connectivity index (χ1) is 10.2. The maximum absolute atomic E-state index is 14.3. The highest BCUT2D eigenvalue weighted by Gasteiger charge is 2.20. The Labute approximate surface area is 126 Å². The van der Waals surface area contributed by atoms with Crippen LogP contribution in [-0.2, 0) is 6.54 Å². The van der Waals surface area contributed by atoms with Crippen molar-refractivity contribution in [2.75, 3.05) is 26.7 Å². The van der Waals surface area contributed by atoms with Crippen LogP contribution in [0.1, 0.15) is 38.2 Å². The lowest BCUT2D eigenvalue weighted by Crippen LogP contribution is -2.40. The van der Waals surface area contributed by atoms with E-state index in [-0.39, 0.29) is 11.7 Å². The molecule has 0 aromatic carbocycles. The van der Waals surface area contributed by atoms with Gasteiger partial charge in [0.1, 0.15) is 6.61 Å². The lowest BCUT2D eigenvalue weighted by molar-refractivity contribution is 0.120. The van der Waals surface area contributed by atoms with E-state index in [1.54, 1.807) is 12.3 Å². The summed E-state index contributed by atoms with van der Waals surface area (Å²) < 4.78 is 19.9. The highest BCUT2D eigenvalue weighted by Crippen LogP contribution is 2.20. The second-order valence-electron chi connectivity index (χ2n) is 5.71. The van der Waals surface area contributed by atoms with Crippen LogP contribution in [0.4, 0.5) is 4.39 Å². The van der Waals surface area contributed by atoms with Gasteiger partial charge in [0.05, 0.1) is 0 Å². The highest BCUT2D eigenvalue weighted by atomic mass is 19.1. The van der Waals surface area contributed by atoms with Crippen molar-refractivity contribution >= 4 is 0 Å². The van der Waals surface area contributed by atoms with E-state index < -0.39 is 0 Å². The normalized spacial score (nSPS) is 19.7. The molecular weight excluding hydrogens is 269 g/mol. The van der Waals surface area contributed by atoms with E-state index in [4.69, 9.17) is 4.74 Å². The van der Waals surface area contributed by atoms with Crippen molar-refractivity contribution in [2.24, 2.45) is 0 Å². The topological polar surface area (TPSA) is 37.4 Å². The van der Waals surface area contributed by atoms with Crippen LogP contribution in [0.25, 0.3) is 0 Å². The van der Waals surface area contributed by atoms with Crippen LogP contribution in [0.5, 0.6) is 5.88 Å². The summed E-state index contributed by atoms with van der Waals surface area (Å²) in [6.45, 7) is 5.08. The number of likely N-dealkylation sites (N-methyl/N-ethyl adjacent to an activating group) is 1. The van der Waals surface area contributed by atoms with Crippen molar-refractivity contribution < 1.29 is 9.13 Å². The van der Waals surface area contributed by atoms with Crippen LogP contribution in [-0.4, -0.2) is 42.7 Å². The Morgan fingerprint density at radius 1 is 1.48 bits per heavy atom. The summed E-state index contributed by atoms with van der Waals surface area (Å²) in [5.41, 5.74) is 0.616. The van der Waals surface area contributed by atoms with E-state index in [1.807, 2.05) is 0 Å². The first-order valence-corrected chi connectivity index (χ1v) is 7.89. The lowest BCUT2D eigenvalue weighted by atomic mass is 10.0. The summed E-state index contributed by atoms with van der Waals surface area (Å²) >= 11 is 0. The third kappa shape index (κ3) is 4.64. The molecule has 1 aromatic heterocycles. The van der Waals surface area contributed by atoms with E-state index in [0.29, 0.717) is 24.8 Å². The van der Waals surface area contributed by atoms with Crippen LogP contribution < -0.4 is 10.1 Å². The molecular formula is C16H26FN3O. The van der Waals surface area contributed by atoms with E-state index in [2.05, 4.69) is 29.2 Å². The second kappa shape index (κ2) is 8.29. The smallest absolute Gasteiger partial charge is 0.250 e. The third-order valence-electron chi connectivity index (χ3n) is 4.01. The third-order valence-corrected chi connectivity index (χ3v) is 4.01. The van der Waals surface area contributed by atoms with Crippen LogP contribution in [0.3, 0.4) is 0 Å². The van der Waals surface area contributed by atoms with Crippen molar-refractivity contribution in [1.82, 2.24) is 15.2 Å². The SMILES string of the molecule is CCCNCc1ccnc(OCC2CCCCN2C)c1F. The Balaban J connectivity index is 1.91. The Bertz CT molecular complexity index is 442. The number of likely N-dealkylation sites (tertiary alicyclic amines) is 1. The summed E-state index contributed by atoms with van der Waals surface area (Å²) in [7, 11) is 2.10. The minimum absolute atomic E-state index is 0.129. The molecule has 1 aliphatic rings. The van der Waals surface area contributed by atoms with Gasteiger partial charge >= 0.3 is 0 Å². The summed E-state index contributed by atoms with van der Waals surface area (Å²) in [6.07, 6.45) is 6.21. The molecule has 1 N–H and O–H groups in total. The number of halogens is 1. The largest absolute Gasteiger partial charge is 0.474 e. The van der Waals surface area contributed by atoms with E-state index in [0.717, 1.165) is 25.9 Å². The molecule has 0 saturated carbocycles. The predicted octanol–water partition coefficient (Wildman–Crippen LogP) is 2.58. The number of piperidine rings is 1. The number of hydrogen-bond donors (Lipinski definition) is 1. The van der Waals surface area contributed by atoms with Crippen molar-refractivity contribution in [1.29, 1.82) is 0 Å². The number of ether oxygens (including phenoxy) is 1. The fourth-order valence-corrected chi connectivity index (χ4v) is 2.63. The van der Waals surface area contributed by atoms with Crippen molar-refractivity contribution in [3.63, 3.8) is 0 Å². The standard InChI is InChI=1S/C16H26FN3O/c1-3-8-18-11-13-7-9-19-16(15(13)17)21-12-14-6-4-5-10-20(14)2/h7,9,14,18H,3-6,8,10-12H2,1-2H3. The molecule has 0 spiro atoms.